The number of piperazine rings is 1. The van der Waals surface area contributed by atoms with Crippen LogP contribution in [0, 0.1) is 0 Å². The maximum atomic E-state index is 5.34. The molecule has 1 fully saturated rings. The SMILES string of the molecule is COc1ccc2c(c1)CCCC2N1CCNCC1. The molecule has 0 saturated carbocycles. The van der Waals surface area contributed by atoms with Gasteiger partial charge in [-0.2, -0.15) is 0 Å². The number of ether oxygens (including phenoxy) is 1. The molecule has 1 unspecified atom stereocenters. The van der Waals surface area contributed by atoms with Crippen LogP contribution in [0.1, 0.15) is 30.0 Å². The molecule has 1 aromatic rings. The van der Waals surface area contributed by atoms with Crippen LogP contribution in [0.5, 0.6) is 5.75 Å². The first-order chi connectivity index (χ1) is 8.88. The molecular formula is C15H22N2O. The lowest BCUT2D eigenvalue weighted by Crippen LogP contribution is -2.45. The van der Waals surface area contributed by atoms with Gasteiger partial charge in [0.15, 0.2) is 0 Å². The van der Waals surface area contributed by atoms with Crippen LogP contribution in [0.2, 0.25) is 0 Å². The Bertz CT molecular complexity index is 413. The summed E-state index contributed by atoms with van der Waals surface area (Å²) in [5.74, 6) is 0.995. The van der Waals surface area contributed by atoms with Gasteiger partial charge in [0.05, 0.1) is 7.11 Å². The lowest BCUT2D eigenvalue weighted by Gasteiger charge is -2.38. The van der Waals surface area contributed by atoms with Gasteiger partial charge in [0, 0.05) is 32.2 Å². The van der Waals surface area contributed by atoms with Crippen LogP contribution in [0.4, 0.5) is 0 Å². The van der Waals surface area contributed by atoms with Crippen molar-refractivity contribution in [3.8, 4) is 5.75 Å². The Kier molecular flexibility index (Phi) is 3.52. The standard InChI is InChI=1S/C15H22N2O/c1-18-13-5-6-14-12(11-13)3-2-4-15(14)17-9-7-16-8-10-17/h5-6,11,15-16H,2-4,7-10H2,1H3. The summed E-state index contributed by atoms with van der Waals surface area (Å²) in [5.41, 5.74) is 3.02. The van der Waals surface area contributed by atoms with Gasteiger partial charge in [-0.3, -0.25) is 4.90 Å². The average Bonchev–Trinajstić information content (AvgIpc) is 2.47. The topological polar surface area (TPSA) is 24.5 Å². The molecule has 3 nitrogen and oxygen atoms in total. The van der Waals surface area contributed by atoms with Gasteiger partial charge in [-0.05, 0) is 42.5 Å². The molecule has 1 aliphatic heterocycles. The fourth-order valence-corrected chi connectivity index (χ4v) is 3.27. The van der Waals surface area contributed by atoms with E-state index < -0.39 is 0 Å². The Balaban J connectivity index is 1.86. The van der Waals surface area contributed by atoms with E-state index in [0.29, 0.717) is 6.04 Å². The zero-order chi connectivity index (χ0) is 12.4. The van der Waals surface area contributed by atoms with Gasteiger partial charge in [0.2, 0.25) is 0 Å². The van der Waals surface area contributed by atoms with Crippen molar-refractivity contribution in [1.82, 2.24) is 10.2 Å². The van der Waals surface area contributed by atoms with Crippen LogP contribution in [0.25, 0.3) is 0 Å². The number of fused-ring (bicyclic) bond motifs is 1. The summed E-state index contributed by atoms with van der Waals surface area (Å²) in [6.07, 6.45) is 3.81. The summed E-state index contributed by atoms with van der Waals surface area (Å²) >= 11 is 0. The summed E-state index contributed by atoms with van der Waals surface area (Å²) in [4.78, 5) is 2.64. The van der Waals surface area contributed by atoms with Gasteiger partial charge in [-0.25, -0.2) is 0 Å². The van der Waals surface area contributed by atoms with Crippen LogP contribution in [-0.2, 0) is 6.42 Å². The van der Waals surface area contributed by atoms with Crippen LogP contribution >= 0.6 is 0 Å². The summed E-state index contributed by atoms with van der Waals surface area (Å²) in [7, 11) is 1.75. The minimum absolute atomic E-state index is 0.627. The third kappa shape index (κ3) is 2.25. The van der Waals surface area contributed by atoms with Crippen molar-refractivity contribution < 1.29 is 4.74 Å². The van der Waals surface area contributed by atoms with Crippen molar-refractivity contribution in [2.75, 3.05) is 33.3 Å². The fourth-order valence-electron chi connectivity index (χ4n) is 3.27. The summed E-state index contributed by atoms with van der Waals surface area (Å²) in [5, 5.41) is 3.43. The van der Waals surface area contributed by atoms with E-state index in [0.717, 1.165) is 18.8 Å². The number of nitrogens with zero attached hydrogens (tertiary/aromatic N) is 1. The molecule has 1 atom stereocenters. The highest BCUT2D eigenvalue weighted by Crippen LogP contribution is 2.36. The van der Waals surface area contributed by atoms with Crippen molar-refractivity contribution in [1.29, 1.82) is 0 Å². The van der Waals surface area contributed by atoms with E-state index in [1.807, 2.05) is 0 Å². The molecule has 1 aliphatic carbocycles. The molecule has 0 bridgehead atoms. The van der Waals surface area contributed by atoms with Crippen LogP contribution in [0.3, 0.4) is 0 Å². The van der Waals surface area contributed by atoms with Crippen molar-refractivity contribution in [3.05, 3.63) is 29.3 Å². The Morgan fingerprint density at radius 1 is 1.28 bits per heavy atom. The van der Waals surface area contributed by atoms with Gasteiger partial charge < -0.3 is 10.1 Å². The zero-order valence-corrected chi connectivity index (χ0v) is 11.1. The highest BCUT2D eigenvalue weighted by molar-refractivity contribution is 5.39. The number of hydrogen-bond acceptors (Lipinski definition) is 3. The van der Waals surface area contributed by atoms with Crippen molar-refractivity contribution >= 4 is 0 Å². The van der Waals surface area contributed by atoms with Gasteiger partial charge in [0.25, 0.3) is 0 Å². The number of hydrogen-bond donors (Lipinski definition) is 1. The van der Waals surface area contributed by atoms with Crippen LogP contribution < -0.4 is 10.1 Å². The minimum atomic E-state index is 0.627. The lowest BCUT2D eigenvalue weighted by molar-refractivity contribution is 0.158. The average molecular weight is 246 g/mol. The first kappa shape index (κ1) is 12.0. The normalized spacial score (nSPS) is 24.6. The van der Waals surface area contributed by atoms with E-state index in [9.17, 15) is 0 Å². The van der Waals surface area contributed by atoms with Crippen molar-refractivity contribution in [2.45, 2.75) is 25.3 Å². The highest BCUT2D eigenvalue weighted by Gasteiger charge is 2.26. The van der Waals surface area contributed by atoms with Crippen LogP contribution in [0.15, 0.2) is 18.2 Å². The number of nitrogens with one attached hydrogen (secondary N) is 1. The molecule has 2 aliphatic rings. The van der Waals surface area contributed by atoms with E-state index in [4.69, 9.17) is 4.74 Å². The van der Waals surface area contributed by atoms with Gasteiger partial charge in [-0.15, -0.1) is 0 Å². The smallest absolute Gasteiger partial charge is 0.119 e. The second-order valence-corrected chi connectivity index (χ2v) is 5.26. The molecule has 3 heteroatoms. The quantitative estimate of drug-likeness (QED) is 0.863. The number of benzene rings is 1. The highest BCUT2D eigenvalue weighted by atomic mass is 16.5. The number of aryl methyl sites for hydroxylation is 1. The van der Waals surface area contributed by atoms with Gasteiger partial charge in [0.1, 0.15) is 5.75 Å². The molecular weight excluding hydrogens is 224 g/mol. The van der Waals surface area contributed by atoms with E-state index in [-0.39, 0.29) is 0 Å². The summed E-state index contributed by atoms with van der Waals surface area (Å²) in [6, 6.07) is 7.24. The van der Waals surface area contributed by atoms with Crippen LogP contribution in [-0.4, -0.2) is 38.2 Å². The minimum Gasteiger partial charge on any atom is -0.497 e. The third-order valence-electron chi connectivity index (χ3n) is 4.23. The summed E-state index contributed by atoms with van der Waals surface area (Å²) < 4.78 is 5.34. The molecule has 3 rings (SSSR count). The van der Waals surface area contributed by atoms with E-state index in [1.54, 1.807) is 7.11 Å². The lowest BCUT2D eigenvalue weighted by atomic mass is 9.86. The maximum absolute atomic E-state index is 5.34. The van der Waals surface area contributed by atoms with Crippen molar-refractivity contribution in [2.24, 2.45) is 0 Å². The number of rotatable bonds is 2. The molecule has 1 heterocycles. The molecule has 0 amide bonds. The van der Waals surface area contributed by atoms with Gasteiger partial charge in [-0.1, -0.05) is 6.07 Å². The Hall–Kier alpha value is -1.06. The maximum Gasteiger partial charge on any atom is 0.119 e. The molecule has 0 radical (unpaired) electrons. The Morgan fingerprint density at radius 3 is 2.89 bits per heavy atom. The Labute approximate surface area is 109 Å². The third-order valence-corrected chi connectivity index (χ3v) is 4.23. The Morgan fingerprint density at radius 2 is 2.11 bits per heavy atom. The van der Waals surface area contributed by atoms with Gasteiger partial charge >= 0.3 is 0 Å². The molecule has 1 saturated heterocycles. The monoisotopic (exact) mass is 246 g/mol. The first-order valence-corrected chi connectivity index (χ1v) is 7.00. The molecule has 98 valence electrons. The fraction of sp³-hybridized carbons (Fsp3) is 0.600. The molecule has 18 heavy (non-hydrogen) atoms. The second-order valence-electron chi connectivity index (χ2n) is 5.26. The second kappa shape index (κ2) is 5.29. The predicted molar refractivity (Wildman–Crippen MR) is 73.1 cm³/mol. The molecule has 0 aromatic heterocycles. The number of methoxy groups -OCH3 is 1. The largest absolute Gasteiger partial charge is 0.497 e. The van der Waals surface area contributed by atoms with Crippen molar-refractivity contribution in [3.63, 3.8) is 0 Å². The van der Waals surface area contributed by atoms with E-state index >= 15 is 0 Å². The molecule has 1 aromatic carbocycles. The first-order valence-electron chi connectivity index (χ1n) is 7.00. The predicted octanol–water partition coefficient (Wildman–Crippen LogP) is 1.98. The van der Waals surface area contributed by atoms with E-state index in [1.165, 1.54) is 43.5 Å². The molecule has 1 N–H and O–H groups in total. The zero-order valence-electron chi connectivity index (χ0n) is 11.1. The summed E-state index contributed by atoms with van der Waals surface area (Å²) in [6.45, 7) is 4.61. The van der Waals surface area contributed by atoms with E-state index in [2.05, 4.69) is 28.4 Å². The molecule has 0 spiro atoms.